The maximum Gasteiger partial charge on any atom is 0.224 e. The number of amides is 1. The summed E-state index contributed by atoms with van der Waals surface area (Å²) in [7, 11) is 0. The van der Waals surface area contributed by atoms with Gasteiger partial charge in [0.05, 0.1) is 0 Å². The lowest BCUT2D eigenvalue weighted by molar-refractivity contribution is -0.120. The van der Waals surface area contributed by atoms with Crippen LogP contribution in [0.3, 0.4) is 0 Å². The van der Waals surface area contributed by atoms with E-state index in [1.165, 1.54) is 22.3 Å². The Morgan fingerprint density at radius 2 is 1.41 bits per heavy atom. The predicted octanol–water partition coefficient (Wildman–Crippen LogP) is 6.18. The van der Waals surface area contributed by atoms with Gasteiger partial charge < -0.3 is 5.32 Å². The van der Waals surface area contributed by atoms with E-state index in [4.69, 9.17) is 0 Å². The molecule has 0 saturated heterocycles. The van der Waals surface area contributed by atoms with E-state index in [9.17, 15) is 9.59 Å². The molecule has 0 fully saturated rings. The molecule has 0 aliphatic heterocycles. The van der Waals surface area contributed by atoms with Crippen LogP contribution >= 0.6 is 0 Å². The highest BCUT2D eigenvalue weighted by Crippen LogP contribution is 2.38. The number of fused-ring (bicyclic) bond motifs is 3. The van der Waals surface area contributed by atoms with Gasteiger partial charge in [0.15, 0.2) is 0 Å². The van der Waals surface area contributed by atoms with E-state index in [0.29, 0.717) is 19.3 Å². The van der Waals surface area contributed by atoms with Crippen LogP contribution in [0.2, 0.25) is 0 Å². The van der Waals surface area contributed by atoms with Crippen LogP contribution in [-0.4, -0.2) is 11.7 Å². The minimum atomic E-state index is -0.0299. The van der Waals surface area contributed by atoms with Crippen LogP contribution in [0.5, 0.6) is 0 Å². The third kappa shape index (κ3) is 5.79. The lowest BCUT2D eigenvalue weighted by Crippen LogP contribution is -2.19. The third-order valence-electron chi connectivity index (χ3n) is 5.05. The molecule has 1 aliphatic carbocycles. The van der Waals surface area contributed by atoms with Crippen LogP contribution < -0.4 is 5.32 Å². The van der Waals surface area contributed by atoms with Gasteiger partial charge in [-0.05, 0) is 57.2 Å². The fourth-order valence-corrected chi connectivity index (χ4v) is 4.02. The maximum absolute atomic E-state index is 12.4. The largest absolute Gasteiger partial charge is 0.326 e. The van der Waals surface area contributed by atoms with Crippen molar-refractivity contribution in [2.75, 3.05) is 5.32 Å². The molecule has 3 nitrogen and oxygen atoms in total. The quantitative estimate of drug-likeness (QED) is 0.564. The van der Waals surface area contributed by atoms with E-state index in [1.807, 2.05) is 6.07 Å². The summed E-state index contributed by atoms with van der Waals surface area (Å²) in [5.74, 6) is 0.337. The zero-order chi connectivity index (χ0) is 21.4. The first kappa shape index (κ1) is 21.3. The molecule has 0 spiro atoms. The molecule has 0 bridgehead atoms. The van der Waals surface area contributed by atoms with Crippen molar-refractivity contribution in [3.8, 4) is 11.1 Å². The van der Waals surface area contributed by atoms with E-state index in [1.54, 1.807) is 0 Å². The van der Waals surface area contributed by atoms with Gasteiger partial charge in [-0.3, -0.25) is 9.59 Å². The zero-order valence-electron chi connectivity index (χ0n) is 18.6. The maximum atomic E-state index is 12.4. The van der Waals surface area contributed by atoms with Crippen LogP contribution in [0.25, 0.3) is 11.1 Å². The van der Waals surface area contributed by atoms with Crippen LogP contribution in [0, 0.1) is 10.8 Å². The van der Waals surface area contributed by atoms with Crippen molar-refractivity contribution in [3.63, 3.8) is 0 Å². The summed E-state index contributed by atoms with van der Waals surface area (Å²) in [4.78, 5) is 24.6. The van der Waals surface area contributed by atoms with E-state index in [0.717, 1.165) is 17.7 Å². The van der Waals surface area contributed by atoms with Crippen molar-refractivity contribution in [1.29, 1.82) is 0 Å². The summed E-state index contributed by atoms with van der Waals surface area (Å²) < 4.78 is 0. The predicted molar refractivity (Wildman–Crippen MR) is 120 cm³/mol. The van der Waals surface area contributed by atoms with Crippen molar-refractivity contribution >= 4 is 17.4 Å². The summed E-state index contributed by atoms with van der Waals surface area (Å²) in [5, 5.41) is 3.03. The van der Waals surface area contributed by atoms with Gasteiger partial charge in [0.2, 0.25) is 5.91 Å². The summed E-state index contributed by atoms with van der Waals surface area (Å²) in [6, 6.07) is 12.5. The molecule has 0 unspecified atom stereocenters. The summed E-state index contributed by atoms with van der Waals surface area (Å²) in [5.41, 5.74) is 6.89. The Kier molecular flexibility index (Phi) is 5.71. The number of benzene rings is 2. The second-order valence-corrected chi connectivity index (χ2v) is 10.8. The Morgan fingerprint density at radius 3 is 2.03 bits per heavy atom. The minimum absolute atomic E-state index is 0.0257. The smallest absolute Gasteiger partial charge is 0.224 e. The third-order valence-corrected chi connectivity index (χ3v) is 5.05. The van der Waals surface area contributed by atoms with Gasteiger partial charge in [-0.2, -0.15) is 0 Å². The highest BCUT2D eigenvalue weighted by Gasteiger charge is 2.22. The molecule has 1 aliphatic rings. The highest BCUT2D eigenvalue weighted by atomic mass is 16.1. The van der Waals surface area contributed by atoms with Gasteiger partial charge >= 0.3 is 0 Å². The molecule has 0 radical (unpaired) electrons. The monoisotopic (exact) mass is 391 g/mol. The fourth-order valence-electron chi connectivity index (χ4n) is 4.02. The molecule has 2 aromatic carbocycles. The molecular formula is C26H33NO2. The first-order valence-electron chi connectivity index (χ1n) is 10.5. The normalized spacial score (nSPS) is 13.0. The molecule has 1 N–H and O–H groups in total. The second-order valence-electron chi connectivity index (χ2n) is 10.8. The lowest BCUT2D eigenvalue weighted by atomic mass is 9.88. The number of anilines is 1. The van der Waals surface area contributed by atoms with Crippen molar-refractivity contribution in [2.24, 2.45) is 10.8 Å². The molecule has 29 heavy (non-hydrogen) atoms. The van der Waals surface area contributed by atoms with Crippen molar-refractivity contribution in [1.82, 2.24) is 0 Å². The van der Waals surface area contributed by atoms with E-state index >= 15 is 0 Å². The van der Waals surface area contributed by atoms with Crippen LogP contribution in [0.4, 0.5) is 5.69 Å². The number of carbonyl (C=O) groups is 2. The molecule has 0 saturated carbocycles. The Hall–Kier alpha value is -2.42. The topological polar surface area (TPSA) is 46.2 Å². The summed E-state index contributed by atoms with van der Waals surface area (Å²) in [6.45, 7) is 12.5. The van der Waals surface area contributed by atoms with Crippen LogP contribution in [0.15, 0.2) is 36.4 Å². The average Bonchev–Trinajstić information content (AvgIpc) is 2.87. The Labute approximate surface area is 174 Å². The molecule has 1 amide bonds. The van der Waals surface area contributed by atoms with E-state index < -0.39 is 0 Å². The Morgan fingerprint density at radius 1 is 0.828 bits per heavy atom. The van der Waals surface area contributed by atoms with E-state index in [-0.39, 0.29) is 22.5 Å². The van der Waals surface area contributed by atoms with Gasteiger partial charge in [0.1, 0.15) is 5.78 Å². The number of nitrogens with one attached hydrogen (secondary N) is 1. The van der Waals surface area contributed by atoms with Crippen molar-refractivity contribution < 1.29 is 9.59 Å². The molecule has 0 aromatic heterocycles. The first-order chi connectivity index (χ1) is 13.4. The number of rotatable bonds is 5. The van der Waals surface area contributed by atoms with Crippen molar-refractivity contribution in [2.45, 2.75) is 67.2 Å². The average molecular weight is 392 g/mol. The zero-order valence-corrected chi connectivity index (χ0v) is 18.6. The standard InChI is InChI=1S/C26H33NO2/c1-25(2,3)15-21(28)12-17-7-9-22-18(11-17)13-19-14-20(8-10-23(19)22)27-24(29)16-26(4,5)6/h7-11,14H,12-13,15-16H2,1-6H3,(H,27,29). The summed E-state index contributed by atoms with van der Waals surface area (Å²) >= 11 is 0. The molecule has 2 aromatic rings. The number of hydrogen-bond acceptors (Lipinski definition) is 2. The molecule has 3 rings (SSSR count). The van der Waals surface area contributed by atoms with Gasteiger partial charge in [0.25, 0.3) is 0 Å². The highest BCUT2D eigenvalue weighted by molar-refractivity contribution is 5.92. The molecule has 3 heteroatoms. The second kappa shape index (κ2) is 7.78. The summed E-state index contributed by atoms with van der Waals surface area (Å²) in [6.07, 6.45) is 2.43. The van der Waals surface area contributed by atoms with Crippen LogP contribution in [-0.2, 0) is 22.4 Å². The number of Topliss-reactive ketones (excluding diaryl/α,β-unsaturated/α-hetero) is 1. The fraction of sp³-hybridized carbons (Fsp3) is 0.462. The Bertz CT molecular complexity index is 865. The SMILES string of the molecule is CC(C)(C)CC(=O)Cc1ccc2c(c1)Cc1cc(NC(=O)CC(C)(C)C)ccc1-2. The number of ketones is 1. The number of hydrogen-bond donors (Lipinski definition) is 1. The van der Waals surface area contributed by atoms with Gasteiger partial charge in [-0.25, -0.2) is 0 Å². The van der Waals surface area contributed by atoms with E-state index in [2.05, 4.69) is 77.2 Å². The molecule has 154 valence electrons. The van der Waals surface area contributed by atoms with Gasteiger partial charge in [-0.1, -0.05) is 65.8 Å². The first-order valence-corrected chi connectivity index (χ1v) is 10.5. The molecular weight excluding hydrogens is 358 g/mol. The minimum Gasteiger partial charge on any atom is -0.326 e. The molecule has 0 atom stereocenters. The molecule has 0 heterocycles. The number of carbonyl (C=O) groups excluding carboxylic acids is 2. The van der Waals surface area contributed by atoms with Gasteiger partial charge in [-0.15, -0.1) is 0 Å². The lowest BCUT2D eigenvalue weighted by Gasteiger charge is -2.17. The van der Waals surface area contributed by atoms with Crippen LogP contribution in [0.1, 0.15) is 71.1 Å². The van der Waals surface area contributed by atoms with Gasteiger partial charge in [0, 0.05) is 24.9 Å². The van der Waals surface area contributed by atoms with Crippen molar-refractivity contribution in [3.05, 3.63) is 53.1 Å². The Balaban J connectivity index is 1.72.